The molecule has 0 spiro atoms. The van der Waals surface area contributed by atoms with Crippen molar-refractivity contribution in [2.45, 2.75) is 25.4 Å². The van der Waals surface area contributed by atoms with Crippen LogP contribution in [-0.4, -0.2) is 30.9 Å². The van der Waals surface area contributed by atoms with Crippen LogP contribution in [0.25, 0.3) is 6.08 Å². The average Bonchev–Trinajstić information content (AvgIpc) is 2.88. The molecule has 34 heavy (non-hydrogen) atoms. The van der Waals surface area contributed by atoms with E-state index in [0.717, 1.165) is 42.7 Å². The predicted molar refractivity (Wildman–Crippen MR) is 133 cm³/mol. The molecule has 1 heterocycles. The van der Waals surface area contributed by atoms with E-state index in [1.807, 2.05) is 60.7 Å². The molecule has 174 valence electrons. The molecule has 0 saturated carbocycles. The Kier molecular flexibility index (Phi) is 7.71. The van der Waals surface area contributed by atoms with E-state index in [9.17, 15) is 14.0 Å². The molecule has 1 aliphatic rings. The quantitative estimate of drug-likeness (QED) is 0.512. The molecular formula is C28H28FN3O2. The molecule has 6 heteroatoms. The van der Waals surface area contributed by atoms with E-state index in [1.54, 1.807) is 18.2 Å². The molecule has 5 nitrogen and oxygen atoms in total. The molecule has 0 bridgehead atoms. The van der Waals surface area contributed by atoms with Crippen LogP contribution in [0.15, 0.2) is 84.9 Å². The molecule has 2 N–H and O–H groups in total. The average molecular weight is 458 g/mol. The highest BCUT2D eigenvalue weighted by Gasteiger charge is 2.23. The van der Waals surface area contributed by atoms with E-state index in [1.165, 1.54) is 12.1 Å². The summed E-state index contributed by atoms with van der Waals surface area (Å²) < 4.78 is 13.1. The van der Waals surface area contributed by atoms with Gasteiger partial charge in [-0.1, -0.05) is 54.6 Å². The van der Waals surface area contributed by atoms with Crippen molar-refractivity contribution in [3.63, 3.8) is 0 Å². The van der Waals surface area contributed by atoms with Crippen LogP contribution >= 0.6 is 0 Å². The molecule has 0 radical (unpaired) electrons. The van der Waals surface area contributed by atoms with E-state index in [4.69, 9.17) is 0 Å². The monoisotopic (exact) mass is 457 g/mol. The predicted octanol–water partition coefficient (Wildman–Crippen LogP) is 4.55. The molecule has 0 aromatic heterocycles. The molecule has 1 fully saturated rings. The van der Waals surface area contributed by atoms with Crippen molar-refractivity contribution in [2.75, 3.05) is 18.0 Å². The Bertz CT molecular complexity index is 1140. The zero-order chi connectivity index (χ0) is 23.8. The number of hydrogen-bond acceptors (Lipinski definition) is 3. The molecule has 1 saturated heterocycles. The van der Waals surface area contributed by atoms with Crippen LogP contribution < -0.4 is 15.5 Å². The van der Waals surface area contributed by atoms with Gasteiger partial charge >= 0.3 is 0 Å². The fourth-order valence-electron chi connectivity index (χ4n) is 4.07. The van der Waals surface area contributed by atoms with Crippen molar-refractivity contribution in [3.8, 4) is 0 Å². The van der Waals surface area contributed by atoms with Gasteiger partial charge in [0.15, 0.2) is 0 Å². The van der Waals surface area contributed by atoms with Crippen LogP contribution in [0.3, 0.4) is 0 Å². The third kappa shape index (κ3) is 6.32. The third-order valence-corrected chi connectivity index (χ3v) is 5.92. The van der Waals surface area contributed by atoms with Gasteiger partial charge in [-0.15, -0.1) is 0 Å². The number of halogens is 1. The zero-order valence-corrected chi connectivity index (χ0v) is 18.9. The van der Waals surface area contributed by atoms with E-state index in [2.05, 4.69) is 15.5 Å². The number of nitrogens with zero attached hydrogens (tertiary/aromatic N) is 1. The summed E-state index contributed by atoms with van der Waals surface area (Å²) in [5.41, 5.74) is 3.32. The van der Waals surface area contributed by atoms with Crippen molar-refractivity contribution in [1.29, 1.82) is 0 Å². The number of carbonyl (C=O) groups excluding carboxylic acids is 2. The third-order valence-electron chi connectivity index (χ3n) is 5.92. The molecule has 3 aromatic rings. The first-order valence-corrected chi connectivity index (χ1v) is 11.5. The molecule has 1 aliphatic heterocycles. The van der Waals surface area contributed by atoms with Gasteiger partial charge < -0.3 is 15.5 Å². The van der Waals surface area contributed by atoms with Gasteiger partial charge in [0, 0.05) is 37.4 Å². The summed E-state index contributed by atoms with van der Waals surface area (Å²) in [5, 5.41) is 6.01. The highest BCUT2D eigenvalue weighted by molar-refractivity contribution is 5.99. The molecule has 3 aromatic carbocycles. The van der Waals surface area contributed by atoms with E-state index in [-0.39, 0.29) is 23.7 Å². The van der Waals surface area contributed by atoms with Gasteiger partial charge in [-0.25, -0.2) is 4.39 Å². The lowest BCUT2D eigenvalue weighted by Gasteiger charge is -2.34. The Morgan fingerprint density at radius 2 is 1.59 bits per heavy atom. The highest BCUT2D eigenvalue weighted by atomic mass is 19.1. The summed E-state index contributed by atoms with van der Waals surface area (Å²) in [6, 6.07) is 23.5. The van der Waals surface area contributed by atoms with Gasteiger partial charge in [-0.2, -0.15) is 0 Å². The second kappa shape index (κ2) is 11.3. The van der Waals surface area contributed by atoms with E-state index in [0.29, 0.717) is 12.1 Å². The number of piperidine rings is 1. The summed E-state index contributed by atoms with van der Waals surface area (Å²) in [4.78, 5) is 27.4. The number of rotatable bonds is 7. The Morgan fingerprint density at radius 3 is 2.32 bits per heavy atom. The number of benzene rings is 3. The Hall–Kier alpha value is -3.93. The van der Waals surface area contributed by atoms with Gasteiger partial charge in [0.1, 0.15) is 5.82 Å². The topological polar surface area (TPSA) is 61.4 Å². The first kappa shape index (κ1) is 23.2. The van der Waals surface area contributed by atoms with Crippen molar-refractivity contribution in [1.82, 2.24) is 10.6 Å². The number of anilines is 1. The van der Waals surface area contributed by atoms with Crippen LogP contribution in [0, 0.1) is 5.82 Å². The van der Waals surface area contributed by atoms with Crippen LogP contribution in [0.4, 0.5) is 10.1 Å². The number of para-hydroxylation sites is 1. The maximum atomic E-state index is 13.1. The van der Waals surface area contributed by atoms with E-state index < -0.39 is 0 Å². The lowest BCUT2D eigenvalue weighted by Crippen LogP contribution is -2.44. The Morgan fingerprint density at radius 1 is 0.912 bits per heavy atom. The van der Waals surface area contributed by atoms with Crippen molar-refractivity contribution < 1.29 is 14.0 Å². The van der Waals surface area contributed by atoms with Gasteiger partial charge in [-0.05, 0) is 54.3 Å². The Labute approximate surface area is 199 Å². The molecule has 4 rings (SSSR count). The summed E-state index contributed by atoms with van der Waals surface area (Å²) in [6.07, 6.45) is 4.99. The van der Waals surface area contributed by atoms with E-state index >= 15 is 0 Å². The summed E-state index contributed by atoms with van der Waals surface area (Å²) in [6.45, 7) is 1.82. The SMILES string of the molecule is O=C(/C=C/c1ccccc1)NC1CCN(c2ccccc2C(=O)NCc2ccc(F)cc2)CC1. The van der Waals surface area contributed by atoms with Crippen LogP contribution in [-0.2, 0) is 11.3 Å². The maximum Gasteiger partial charge on any atom is 0.253 e. The number of amides is 2. The van der Waals surface area contributed by atoms with Gasteiger partial charge in [0.25, 0.3) is 5.91 Å². The lowest BCUT2D eigenvalue weighted by atomic mass is 10.0. The number of carbonyl (C=O) groups is 2. The fraction of sp³-hybridized carbons (Fsp3) is 0.214. The number of hydrogen-bond donors (Lipinski definition) is 2. The largest absolute Gasteiger partial charge is 0.371 e. The molecule has 0 unspecified atom stereocenters. The minimum absolute atomic E-state index is 0.0946. The summed E-state index contributed by atoms with van der Waals surface area (Å²) in [5.74, 6) is -0.559. The molecule has 0 aliphatic carbocycles. The lowest BCUT2D eigenvalue weighted by molar-refractivity contribution is -0.117. The normalized spacial score (nSPS) is 14.2. The highest BCUT2D eigenvalue weighted by Crippen LogP contribution is 2.24. The minimum atomic E-state index is -0.299. The van der Waals surface area contributed by atoms with Crippen LogP contribution in [0.5, 0.6) is 0 Å². The van der Waals surface area contributed by atoms with Gasteiger partial charge in [-0.3, -0.25) is 9.59 Å². The zero-order valence-electron chi connectivity index (χ0n) is 18.9. The van der Waals surface area contributed by atoms with Crippen molar-refractivity contribution in [2.24, 2.45) is 0 Å². The summed E-state index contributed by atoms with van der Waals surface area (Å²) >= 11 is 0. The van der Waals surface area contributed by atoms with Gasteiger partial charge in [0.2, 0.25) is 5.91 Å². The number of nitrogens with one attached hydrogen (secondary N) is 2. The first-order chi connectivity index (χ1) is 16.6. The maximum absolute atomic E-state index is 13.1. The molecule has 2 amide bonds. The Balaban J connectivity index is 1.31. The standard InChI is InChI=1S/C28H28FN3O2/c29-23-13-10-22(11-14-23)20-30-28(34)25-8-4-5-9-26(25)32-18-16-24(17-19-32)31-27(33)15-12-21-6-2-1-3-7-21/h1-15,24H,16-20H2,(H,30,34)(H,31,33)/b15-12+. The van der Waals surface area contributed by atoms with Crippen LogP contribution in [0.2, 0.25) is 0 Å². The second-order valence-corrected chi connectivity index (χ2v) is 8.34. The smallest absolute Gasteiger partial charge is 0.253 e. The minimum Gasteiger partial charge on any atom is -0.371 e. The molecular weight excluding hydrogens is 429 g/mol. The van der Waals surface area contributed by atoms with Gasteiger partial charge in [0.05, 0.1) is 5.56 Å². The first-order valence-electron chi connectivity index (χ1n) is 11.5. The fourth-order valence-corrected chi connectivity index (χ4v) is 4.07. The summed E-state index contributed by atoms with van der Waals surface area (Å²) in [7, 11) is 0. The second-order valence-electron chi connectivity index (χ2n) is 8.34. The van der Waals surface area contributed by atoms with Crippen LogP contribution in [0.1, 0.15) is 34.3 Å². The van der Waals surface area contributed by atoms with Crippen molar-refractivity contribution in [3.05, 3.63) is 107 Å². The molecule has 0 atom stereocenters. The van der Waals surface area contributed by atoms with Crippen molar-refractivity contribution >= 4 is 23.6 Å².